The summed E-state index contributed by atoms with van der Waals surface area (Å²) >= 11 is 4.67. The number of benzene rings is 1. The molecule has 0 aliphatic heterocycles. The molecule has 1 atom stereocenters. The predicted molar refractivity (Wildman–Crippen MR) is 69.2 cm³/mol. The maximum absolute atomic E-state index is 11.4. The fourth-order valence-corrected chi connectivity index (χ4v) is 1.63. The SMILES string of the molecule is CC(Cc1ccccc1)NC(=O)CC(N)=S. The first-order valence-electron chi connectivity index (χ1n) is 5.19. The Labute approximate surface area is 101 Å². The Balaban J connectivity index is 2.39. The van der Waals surface area contributed by atoms with Gasteiger partial charge < -0.3 is 11.1 Å². The Morgan fingerprint density at radius 2 is 2.06 bits per heavy atom. The molecule has 0 radical (unpaired) electrons. The molecule has 0 heterocycles. The molecule has 0 saturated carbocycles. The van der Waals surface area contributed by atoms with Gasteiger partial charge in [-0.25, -0.2) is 0 Å². The van der Waals surface area contributed by atoms with Crippen LogP contribution >= 0.6 is 12.2 Å². The van der Waals surface area contributed by atoms with Gasteiger partial charge in [0.25, 0.3) is 0 Å². The van der Waals surface area contributed by atoms with Gasteiger partial charge in [-0.15, -0.1) is 0 Å². The number of carbonyl (C=O) groups is 1. The molecule has 0 saturated heterocycles. The van der Waals surface area contributed by atoms with E-state index in [4.69, 9.17) is 5.73 Å². The molecule has 0 aliphatic rings. The third-order valence-corrected chi connectivity index (χ3v) is 2.27. The van der Waals surface area contributed by atoms with E-state index in [1.807, 2.05) is 37.3 Å². The van der Waals surface area contributed by atoms with Gasteiger partial charge in [-0.1, -0.05) is 42.5 Å². The van der Waals surface area contributed by atoms with Crippen molar-refractivity contribution < 1.29 is 4.79 Å². The van der Waals surface area contributed by atoms with Crippen molar-refractivity contribution >= 4 is 23.1 Å². The van der Waals surface area contributed by atoms with E-state index in [9.17, 15) is 4.79 Å². The summed E-state index contributed by atoms with van der Waals surface area (Å²) in [6.45, 7) is 1.96. The zero-order valence-electron chi connectivity index (χ0n) is 9.27. The van der Waals surface area contributed by atoms with Crippen LogP contribution in [0.5, 0.6) is 0 Å². The second-order valence-electron chi connectivity index (χ2n) is 3.80. The van der Waals surface area contributed by atoms with Crippen LogP contribution in [0.3, 0.4) is 0 Å². The van der Waals surface area contributed by atoms with Crippen LogP contribution in [-0.2, 0) is 11.2 Å². The van der Waals surface area contributed by atoms with E-state index in [2.05, 4.69) is 17.5 Å². The van der Waals surface area contributed by atoms with E-state index in [-0.39, 0.29) is 23.4 Å². The number of nitrogens with one attached hydrogen (secondary N) is 1. The molecular weight excluding hydrogens is 220 g/mol. The molecule has 86 valence electrons. The van der Waals surface area contributed by atoms with E-state index in [0.29, 0.717) is 0 Å². The first-order valence-corrected chi connectivity index (χ1v) is 5.60. The van der Waals surface area contributed by atoms with Crippen LogP contribution in [0.25, 0.3) is 0 Å². The highest BCUT2D eigenvalue weighted by Crippen LogP contribution is 2.02. The van der Waals surface area contributed by atoms with E-state index < -0.39 is 0 Å². The molecule has 0 aliphatic carbocycles. The highest BCUT2D eigenvalue weighted by molar-refractivity contribution is 7.80. The first kappa shape index (κ1) is 12.6. The number of rotatable bonds is 5. The summed E-state index contributed by atoms with van der Waals surface area (Å²) in [5, 5.41) is 2.85. The highest BCUT2D eigenvalue weighted by Gasteiger charge is 2.08. The second-order valence-corrected chi connectivity index (χ2v) is 4.33. The number of carbonyl (C=O) groups excluding carboxylic acids is 1. The minimum Gasteiger partial charge on any atom is -0.393 e. The Kier molecular flexibility index (Phi) is 4.92. The topological polar surface area (TPSA) is 55.1 Å². The van der Waals surface area contributed by atoms with Gasteiger partial charge >= 0.3 is 0 Å². The normalized spacial score (nSPS) is 11.8. The van der Waals surface area contributed by atoms with Crippen LogP contribution in [0.15, 0.2) is 30.3 Å². The van der Waals surface area contributed by atoms with Crippen molar-refractivity contribution in [3.05, 3.63) is 35.9 Å². The van der Waals surface area contributed by atoms with Crippen molar-refractivity contribution in [2.75, 3.05) is 0 Å². The van der Waals surface area contributed by atoms with Gasteiger partial charge in [0.2, 0.25) is 5.91 Å². The average Bonchev–Trinajstić information content (AvgIpc) is 2.17. The Morgan fingerprint density at radius 1 is 1.44 bits per heavy atom. The lowest BCUT2D eigenvalue weighted by Crippen LogP contribution is -2.36. The number of nitrogens with two attached hydrogens (primary N) is 1. The molecule has 4 heteroatoms. The van der Waals surface area contributed by atoms with Gasteiger partial charge in [-0.2, -0.15) is 0 Å². The van der Waals surface area contributed by atoms with Gasteiger partial charge in [0.1, 0.15) is 0 Å². The van der Waals surface area contributed by atoms with Crippen molar-refractivity contribution in [2.45, 2.75) is 25.8 Å². The summed E-state index contributed by atoms with van der Waals surface area (Å²) in [5.41, 5.74) is 6.49. The molecule has 3 N–H and O–H groups in total. The van der Waals surface area contributed by atoms with Gasteiger partial charge in [0.05, 0.1) is 11.4 Å². The molecule has 0 fully saturated rings. The predicted octanol–water partition coefficient (Wildman–Crippen LogP) is 1.41. The van der Waals surface area contributed by atoms with Gasteiger partial charge in [-0.3, -0.25) is 4.79 Å². The highest BCUT2D eigenvalue weighted by atomic mass is 32.1. The molecular formula is C12H16N2OS. The lowest BCUT2D eigenvalue weighted by Gasteiger charge is -2.13. The van der Waals surface area contributed by atoms with E-state index in [0.717, 1.165) is 6.42 Å². The minimum atomic E-state index is -0.115. The number of hydrogen-bond donors (Lipinski definition) is 2. The molecule has 0 spiro atoms. The Bertz CT molecular complexity index is 365. The minimum absolute atomic E-state index is 0.0873. The third-order valence-electron chi connectivity index (χ3n) is 2.13. The smallest absolute Gasteiger partial charge is 0.227 e. The summed E-state index contributed by atoms with van der Waals surface area (Å²) in [4.78, 5) is 11.6. The molecule has 1 rings (SSSR count). The number of thiocarbonyl (C=S) groups is 1. The first-order chi connectivity index (χ1) is 7.58. The van der Waals surface area contributed by atoms with Crippen LogP contribution in [-0.4, -0.2) is 16.9 Å². The van der Waals surface area contributed by atoms with E-state index in [1.54, 1.807) is 0 Å². The lowest BCUT2D eigenvalue weighted by molar-refractivity contribution is -0.120. The van der Waals surface area contributed by atoms with Gasteiger partial charge in [0, 0.05) is 6.04 Å². The maximum atomic E-state index is 11.4. The molecule has 1 aromatic carbocycles. The molecule has 0 bridgehead atoms. The number of amides is 1. The van der Waals surface area contributed by atoms with Crippen LogP contribution < -0.4 is 11.1 Å². The molecule has 3 nitrogen and oxygen atoms in total. The monoisotopic (exact) mass is 236 g/mol. The fraction of sp³-hybridized carbons (Fsp3) is 0.333. The van der Waals surface area contributed by atoms with Crippen LogP contribution in [0, 0.1) is 0 Å². The molecule has 0 aromatic heterocycles. The molecule has 16 heavy (non-hydrogen) atoms. The standard InChI is InChI=1S/C12H16N2OS/c1-9(14-12(15)8-11(13)16)7-10-5-3-2-4-6-10/h2-6,9H,7-8H2,1H3,(H2,13,16)(H,14,15). The van der Waals surface area contributed by atoms with Gasteiger partial charge in [-0.05, 0) is 18.9 Å². The molecule has 1 aromatic rings. The molecule has 1 amide bonds. The van der Waals surface area contributed by atoms with E-state index in [1.165, 1.54) is 5.56 Å². The zero-order valence-corrected chi connectivity index (χ0v) is 10.1. The largest absolute Gasteiger partial charge is 0.393 e. The van der Waals surface area contributed by atoms with Gasteiger partial charge in [0.15, 0.2) is 0 Å². The zero-order chi connectivity index (χ0) is 12.0. The molecule has 1 unspecified atom stereocenters. The maximum Gasteiger partial charge on any atom is 0.227 e. The van der Waals surface area contributed by atoms with Crippen molar-refractivity contribution in [1.29, 1.82) is 0 Å². The Hall–Kier alpha value is -1.42. The quantitative estimate of drug-likeness (QED) is 0.760. The van der Waals surface area contributed by atoms with E-state index >= 15 is 0 Å². The van der Waals surface area contributed by atoms with Crippen LogP contribution in [0.1, 0.15) is 18.9 Å². The average molecular weight is 236 g/mol. The van der Waals surface area contributed by atoms with Crippen molar-refractivity contribution in [3.63, 3.8) is 0 Å². The summed E-state index contributed by atoms with van der Waals surface area (Å²) in [6, 6.07) is 10.1. The summed E-state index contributed by atoms with van der Waals surface area (Å²) < 4.78 is 0. The Morgan fingerprint density at radius 3 is 2.62 bits per heavy atom. The van der Waals surface area contributed by atoms with Crippen LogP contribution in [0.4, 0.5) is 0 Å². The number of hydrogen-bond acceptors (Lipinski definition) is 2. The van der Waals surface area contributed by atoms with Crippen molar-refractivity contribution in [3.8, 4) is 0 Å². The summed E-state index contributed by atoms with van der Waals surface area (Å²) in [7, 11) is 0. The third kappa shape index (κ3) is 4.89. The fourth-order valence-electron chi connectivity index (χ4n) is 1.50. The van der Waals surface area contributed by atoms with Crippen molar-refractivity contribution in [2.24, 2.45) is 5.73 Å². The van der Waals surface area contributed by atoms with Crippen molar-refractivity contribution in [1.82, 2.24) is 5.32 Å². The summed E-state index contributed by atoms with van der Waals surface area (Å²) in [6.07, 6.45) is 0.929. The van der Waals surface area contributed by atoms with Crippen LogP contribution in [0.2, 0.25) is 0 Å². The lowest BCUT2D eigenvalue weighted by atomic mass is 10.1. The summed E-state index contributed by atoms with van der Waals surface area (Å²) in [5.74, 6) is -0.115. The second kappa shape index (κ2) is 6.23.